The van der Waals surface area contributed by atoms with Gasteiger partial charge in [0, 0.05) is 17.3 Å². The predicted molar refractivity (Wildman–Crippen MR) is 63.2 cm³/mol. The largest absolute Gasteiger partial charge is 0.363 e. The highest BCUT2D eigenvalue weighted by molar-refractivity contribution is 7.11. The van der Waals surface area contributed by atoms with E-state index in [0.29, 0.717) is 0 Å². The molecule has 0 aliphatic rings. The first-order valence-corrected chi connectivity index (χ1v) is 5.64. The standard InChI is InChI=1S/C11H13N3S/c1-8-4-3-5-12-11(8)14-7-10-13-6-9(2)15-10/h3-6H,7H2,1-2H3,(H,12,14). The molecule has 0 spiro atoms. The molecule has 0 saturated heterocycles. The van der Waals surface area contributed by atoms with Crippen molar-refractivity contribution in [3.63, 3.8) is 0 Å². The highest BCUT2D eigenvalue weighted by atomic mass is 32.1. The number of nitrogens with one attached hydrogen (secondary N) is 1. The van der Waals surface area contributed by atoms with Crippen LogP contribution in [0.25, 0.3) is 0 Å². The van der Waals surface area contributed by atoms with Gasteiger partial charge in [-0.15, -0.1) is 11.3 Å². The lowest BCUT2D eigenvalue weighted by molar-refractivity contribution is 1.07. The number of pyridine rings is 1. The van der Waals surface area contributed by atoms with E-state index in [0.717, 1.165) is 22.9 Å². The molecular weight excluding hydrogens is 206 g/mol. The van der Waals surface area contributed by atoms with E-state index in [1.54, 1.807) is 17.5 Å². The summed E-state index contributed by atoms with van der Waals surface area (Å²) in [4.78, 5) is 9.79. The molecule has 0 aliphatic carbocycles. The Labute approximate surface area is 93.2 Å². The van der Waals surface area contributed by atoms with E-state index in [1.807, 2.05) is 25.3 Å². The van der Waals surface area contributed by atoms with Crippen LogP contribution < -0.4 is 5.32 Å². The molecule has 0 atom stereocenters. The van der Waals surface area contributed by atoms with Crippen LogP contribution in [0.5, 0.6) is 0 Å². The SMILES string of the molecule is Cc1cnc(CNc2ncccc2C)s1. The minimum absolute atomic E-state index is 0.746. The minimum Gasteiger partial charge on any atom is -0.363 e. The van der Waals surface area contributed by atoms with Gasteiger partial charge in [-0.25, -0.2) is 9.97 Å². The first-order chi connectivity index (χ1) is 7.25. The van der Waals surface area contributed by atoms with Gasteiger partial charge in [0.1, 0.15) is 10.8 Å². The third-order valence-electron chi connectivity index (χ3n) is 2.09. The van der Waals surface area contributed by atoms with Crippen LogP contribution in [0.15, 0.2) is 24.5 Å². The molecule has 2 heterocycles. The molecule has 0 amide bonds. The van der Waals surface area contributed by atoms with Crippen LogP contribution in [0, 0.1) is 13.8 Å². The van der Waals surface area contributed by atoms with Crippen molar-refractivity contribution in [3.8, 4) is 0 Å². The van der Waals surface area contributed by atoms with Crippen molar-refractivity contribution in [2.75, 3.05) is 5.32 Å². The number of nitrogens with zero attached hydrogens (tertiary/aromatic N) is 2. The third kappa shape index (κ3) is 2.53. The number of thiazole rings is 1. The van der Waals surface area contributed by atoms with Gasteiger partial charge >= 0.3 is 0 Å². The summed E-state index contributed by atoms with van der Waals surface area (Å²) in [5.74, 6) is 0.936. The summed E-state index contributed by atoms with van der Waals surface area (Å²) in [7, 11) is 0. The Kier molecular flexibility index (Phi) is 2.97. The maximum absolute atomic E-state index is 4.29. The van der Waals surface area contributed by atoms with Crippen molar-refractivity contribution < 1.29 is 0 Å². The molecule has 2 rings (SSSR count). The van der Waals surface area contributed by atoms with Crippen LogP contribution in [0.4, 0.5) is 5.82 Å². The number of hydrogen-bond acceptors (Lipinski definition) is 4. The van der Waals surface area contributed by atoms with Crippen molar-refractivity contribution in [2.24, 2.45) is 0 Å². The van der Waals surface area contributed by atoms with Crippen LogP contribution in [0.1, 0.15) is 15.4 Å². The molecule has 15 heavy (non-hydrogen) atoms. The van der Waals surface area contributed by atoms with E-state index in [4.69, 9.17) is 0 Å². The zero-order valence-electron chi connectivity index (χ0n) is 8.82. The van der Waals surface area contributed by atoms with Crippen molar-refractivity contribution in [3.05, 3.63) is 40.0 Å². The Morgan fingerprint density at radius 1 is 1.33 bits per heavy atom. The summed E-state index contributed by atoms with van der Waals surface area (Å²) in [6.45, 7) is 4.85. The van der Waals surface area contributed by atoms with E-state index < -0.39 is 0 Å². The van der Waals surface area contributed by atoms with E-state index in [-0.39, 0.29) is 0 Å². The molecule has 0 saturated carbocycles. The number of anilines is 1. The van der Waals surface area contributed by atoms with E-state index in [2.05, 4.69) is 22.2 Å². The van der Waals surface area contributed by atoms with Gasteiger partial charge < -0.3 is 5.32 Å². The number of rotatable bonds is 3. The van der Waals surface area contributed by atoms with Gasteiger partial charge in [0.15, 0.2) is 0 Å². The van der Waals surface area contributed by atoms with Gasteiger partial charge in [0.25, 0.3) is 0 Å². The average molecular weight is 219 g/mol. The fraction of sp³-hybridized carbons (Fsp3) is 0.273. The lowest BCUT2D eigenvalue weighted by Gasteiger charge is -2.05. The smallest absolute Gasteiger partial charge is 0.129 e. The number of aromatic nitrogens is 2. The molecule has 2 aromatic rings. The molecule has 2 aromatic heterocycles. The highest BCUT2D eigenvalue weighted by Crippen LogP contribution is 2.14. The van der Waals surface area contributed by atoms with Crippen LogP contribution in [0.2, 0.25) is 0 Å². The van der Waals surface area contributed by atoms with E-state index in [9.17, 15) is 0 Å². The van der Waals surface area contributed by atoms with Crippen LogP contribution in [0.3, 0.4) is 0 Å². The van der Waals surface area contributed by atoms with Gasteiger partial charge in [-0.1, -0.05) is 6.07 Å². The fourth-order valence-corrected chi connectivity index (χ4v) is 2.04. The Bertz CT molecular complexity index is 451. The summed E-state index contributed by atoms with van der Waals surface area (Å²) in [6, 6.07) is 3.98. The predicted octanol–water partition coefficient (Wildman–Crippen LogP) is 2.77. The zero-order valence-corrected chi connectivity index (χ0v) is 9.64. The Morgan fingerprint density at radius 2 is 2.20 bits per heavy atom. The molecule has 1 N–H and O–H groups in total. The molecule has 0 bridgehead atoms. The highest BCUT2D eigenvalue weighted by Gasteiger charge is 2.00. The summed E-state index contributed by atoms with van der Waals surface area (Å²) in [5, 5.41) is 4.37. The van der Waals surface area contributed by atoms with Crippen molar-refractivity contribution in [2.45, 2.75) is 20.4 Å². The van der Waals surface area contributed by atoms with Gasteiger partial charge in [-0.05, 0) is 25.5 Å². The summed E-state index contributed by atoms with van der Waals surface area (Å²) >= 11 is 1.71. The second kappa shape index (κ2) is 4.40. The first kappa shape index (κ1) is 10.1. The van der Waals surface area contributed by atoms with Gasteiger partial charge in [0.2, 0.25) is 0 Å². The molecule has 78 valence electrons. The average Bonchev–Trinajstić information content (AvgIpc) is 2.63. The van der Waals surface area contributed by atoms with E-state index in [1.165, 1.54) is 4.88 Å². The molecule has 3 nitrogen and oxygen atoms in total. The van der Waals surface area contributed by atoms with Crippen molar-refractivity contribution in [1.29, 1.82) is 0 Å². The Hall–Kier alpha value is -1.42. The fourth-order valence-electron chi connectivity index (χ4n) is 1.31. The molecule has 0 aromatic carbocycles. The lowest BCUT2D eigenvalue weighted by atomic mass is 10.3. The monoisotopic (exact) mass is 219 g/mol. The molecule has 4 heteroatoms. The molecule has 0 radical (unpaired) electrons. The normalized spacial score (nSPS) is 10.3. The Balaban J connectivity index is 2.02. The van der Waals surface area contributed by atoms with Gasteiger partial charge in [-0.3, -0.25) is 0 Å². The van der Waals surface area contributed by atoms with Crippen molar-refractivity contribution >= 4 is 17.2 Å². The maximum atomic E-state index is 4.29. The zero-order chi connectivity index (χ0) is 10.7. The third-order valence-corrected chi connectivity index (χ3v) is 3.00. The first-order valence-electron chi connectivity index (χ1n) is 4.82. The maximum Gasteiger partial charge on any atom is 0.129 e. The second-order valence-electron chi connectivity index (χ2n) is 3.39. The quantitative estimate of drug-likeness (QED) is 0.862. The molecular formula is C11H13N3S. The van der Waals surface area contributed by atoms with Crippen LogP contribution in [-0.2, 0) is 6.54 Å². The summed E-state index contributed by atoms with van der Waals surface area (Å²) < 4.78 is 0. The Morgan fingerprint density at radius 3 is 2.87 bits per heavy atom. The number of aryl methyl sites for hydroxylation is 2. The van der Waals surface area contributed by atoms with Gasteiger partial charge in [0.05, 0.1) is 6.54 Å². The lowest BCUT2D eigenvalue weighted by Crippen LogP contribution is -2.02. The van der Waals surface area contributed by atoms with Crippen LogP contribution in [-0.4, -0.2) is 9.97 Å². The van der Waals surface area contributed by atoms with Crippen molar-refractivity contribution in [1.82, 2.24) is 9.97 Å². The minimum atomic E-state index is 0.746. The molecule has 0 fully saturated rings. The molecule has 0 aliphatic heterocycles. The topological polar surface area (TPSA) is 37.8 Å². The van der Waals surface area contributed by atoms with E-state index >= 15 is 0 Å². The van der Waals surface area contributed by atoms with Gasteiger partial charge in [-0.2, -0.15) is 0 Å². The molecule has 0 unspecified atom stereocenters. The second-order valence-corrected chi connectivity index (χ2v) is 4.71. The van der Waals surface area contributed by atoms with Crippen LogP contribution >= 0.6 is 11.3 Å². The number of hydrogen-bond donors (Lipinski definition) is 1. The summed E-state index contributed by atoms with van der Waals surface area (Å²) in [6.07, 6.45) is 3.69. The summed E-state index contributed by atoms with van der Waals surface area (Å²) in [5.41, 5.74) is 1.16.